The summed E-state index contributed by atoms with van der Waals surface area (Å²) in [5, 5.41) is 0. The number of ether oxygens (including phenoxy) is 1. The van der Waals surface area contributed by atoms with Crippen molar-refractivity contribution in [3.63, 3.8) is 0 Å². The van der Waals surface area contributed by atoms with Gasteiger partial charge in [0.05, 0.1) is 12.0 Å². The molecule has 0 atom stereocenters. The molecule has 0 N–H and O–H groups in total. The number of carbonyl (C=O) groups is 2. The van der Waals surface area contributed by atoms with Gasteiger partial charge in [0, 0.05) is 8.95 Å². The number of halogens is 2. The quantitative estimate of drug-likeness (QED) is 0.113. The van der Waals surface area contributed by atoms with Crippen molar-refractivity contribution in [2.24, 2.45) is 5.92 Å². The first-order chi connectivity index (χ1) is 17.4. The molecule has 0 amide bonds. The Morgan fingerprint density at radius 2 is 1.28 bits per heavy atom. The molecular weight excluding hydrogens is 580 g/mol. The van der Waals surface area contributed by atoms with Crippen LogP contribution >= 0.6 is 31.9 Å². The molecule has 0 aliphatic heterocycles. The molecule has 3 nitrogen and oxygen atoms in total. The van der Waals surface area contributed by atoms with E-state index in [1.807, 2.05) is 24.3 Å². The van der Waals surface area contributed by atoms with Crippen molar-refractivity contribution in [3.8, 4) is 11.1 Å². The molecule has 2 aromatic rings. The van der Waals surface area contributed by atoms with Gasteiger partial charge in [-0.1, -0.05) is 122 Å². The zero-order chi connectivity index (χ0) is 26.1. The summed E-state index contributed by atoms with van der Waals surface area (Å²) in [4.78, 5) is 27.3. The number of fused-ring (bicyclic) bond motifs is 3. The van der Waals surface area contributed by atoms with Crippen LogP contribution in [0.1, 0.15) is 103 Å². The average molecular weight is 620 g/mol. The number of hydrogen-bond acceptors (Lipinski definition) is 3. The van der Waals surface area contributed by atoms with Gasteiger partial charge in [0.2, 0.25) is 0 Å². The number of Topliss-reactive ketones (excluding diaryl/α,β-unsaturated/α-hetero) is 1. The average Bonchev–Trinajstić information content (AvgIpc) is 3.12. The Balaban J connectivity index is 2.11. The topological polar surface area (TPSA) is 43.4 Å². The van der Waals surface area contributed by atoms with E-state index in [0.29, 0.717) is 12.3 Å². The van der Waals surface area contributed by atoms with Crippen LogP contribution in [0.3, 0.4) is 0 Å². The molecule has 2 aromatic carbocycles. The fraction of sp³-hybridized carbons (Fsp3) is 0.548. The Hall–Kier alpha value is -1.46. The van der Waals surface area contributed by atoms with Gasteiger partial charge in [-0.05, 0) is 65.8 Å². The maximum absolute atomic E-state index is 14.2. The van der Waals surface area contributed by atoms with E-state index in [-0.39, 0.29) is 6.61 Å². The number of carbonyl (C=O) groups excluding carboxylic acids is 2. The van der Waals surface area contributed by atoms with E-state index in [0.717, 1.165) is 56.9 Å². The first-order valence-electron chi connectivity index (χ1n) is 13.7. The van der Waals surface area contributed by atoms with Gasteiger partial charge in [-0.25, -0.2) is 4.79 Å². The van der Waals surface area contributed by atoms with Gasteiger partial charge in [-0.2, -0.15) is 0 Å². The van der Waals surface area contributed by atoms with E-state index in [2.05, 4.69) is 57.8 Å². The molecule has 0 bridgehead atoms. The molecule has 5 heteroatoms. The molecule has 1 aliphatic rings. The van der Waals surface area contributed by atoms with Crippen molar-refractivity contribution in [3.05, 3.63) is 56.5 Å². The zero-order valence-electron chi connectivity index (χ0n) is 22.0. The van der Waals surface area contributed by atoms with Crippen LogP contribution in [-0.4, -0.2) is 18.4 Å². The van der Waals surface area contributed by atoms with Gasteiger partial charge in [-0.3, -0.25) is 4.79 Å². The van der Waals surface area contributed by atoms with Crippen LogP contribution in [0.4, 0.5) is 0 Å². The number of hydrogen-bond donors (Lipinski definition) is 0. The lowest BCUT2D eigenvalue weighted by atomic mass is 9.67. The lowest BCUT2D eigenvalue weighted by Gasteiger charge is -2.34. The summed E-state index contributed by atoms with van der Waals surface area (Å²) in [5.41, 5.74) is 2.89. The van der Waals surface area contributed by atoms with E-state index in [4.69, 9.17) is 4.74 Å². The van der Waals surface area contributed by atoms with Crippen LogP contribution in [0.2, 0.25) is 0 Å². The van der Waals surface area contributed by atoms with Gasteiger partial charge < -0.3 is 4.74 Å². The van der Waals surface area contributed by atoms with Crippen molar-refractivity contribution >= 4 is 43.6 Å². The number of unbranched alkanes of at least 4 members (excludes halogenated alkanes) is 6. The Morgan fingerprint density at radius 3 is 1.72 bits per heavy atom. The second-order valence-corrected chi connectivity index (χ2v) is 11.9. The van der Waals surface area contributed by atoms with Crippen molar-refractivity contribution in [1.82, 2.24) is 0 Å². The first kappa shape index (κ1) is 29.1. The number of ketones is 1. The molecule has 0 unspecified atom stereocenters. The smallest absolute Gasteiger partial charge is 0.375 e. The molecule has 0 radical (unpaired) electrons. The molecule has 0 fully saturated rings. The van der Waals surface area contributed by atoms with Gasteiger partial charge in [0.25, 0.3) is 5.78 Å². The van der Waals surface area contributed by atoms with E-state index < -0.39 is 17.2 Å². The predicted molar refractivity (Wildman–Crippen MR) is 155 cm³/mol. The van der Waals surface area contributed by atoms with Gasteiger partial charge in [0.1, 0.15) is 0 Å². The van der Waals surface area contributed by atoms with E-state index in [1.54, 1.807) is 6.92 Å². The van der Waals surface area contributed by atoms with Gasteiger partial charge in [-0.15, -0.1) is 0 Å². The number of benzene rings is 2. The summed E-state index contributed by atoms with van der Waals surface area (Å²) in [5.74, 6) is -0.812. The highest BCUT2D eigenvalue weighted by Crippen LogP contribution is 2.54. The molecular formula is C31H40Br2O3. The molecule has 1 aliphatic carbocycles. The van der Waals surface area contributed by atoms with E-state index in [1.165, 1.54) is 38.5 Å². The van der Waals surface area contributed by atoms with Crippen LogP contribution < -0.4 is 0 Å². The third kappa shape index (κ3) is 6.51. The fourth-order valence-corrected chi connectivity index (χ4v) is 6.51. The summed E-state index contributed by atoms with van der Waals surface area (Å²) in [6, 6.07) is 12.3. The molecule has 36 heavy (non-hydrogen) atoms. The Morgan fingerprint density at radius 1 is 0.778 bits per heavy atom. The third-order valence-electron chi connectivity index (χ3n) is 7.55. The standard InChI is InChI=1S/C31H40Br2O3/c1-4-7-9-11-13-22(14-12-10-8-5-2)21-31(29(34)30(35)36-6-3)27-19-23(32)15-17-25(27)26-18-16-24(33)20-28(26)31/h15-20,22H,4-14,21H2,1-3H3. The molecule has 0 spiro atoms. The minimum absolute atomic E-state index is 0.189. The van der Waals surface area contributed by atoms with Crippen molar-refractivity contribution in [2.45, 2.75) is 96.8 Å². The zero-order valence-corrected chi connectivity index (χ0v) is 25.2. The van der Waals surface area contributed by atoms with Crippen LogP contribution in [0, 0.1) is 5.92 Å². The largest absolute Gasteiger partial charge is 0.460 e. The van der Waals surface area contributed by atoms with Crippen molar-refractivity contribution < 1.29 is 14.3 Å². The molecule has 0 aromatic heterocycles. The third-order valence-corrected chi connectivity index (χ3v) is 8.53. The minimum atomic E-state index is -1.04. The molecule has 0 heterocycles. The highest BCUT2D eigenvalue weighted by molar-refractivity contribution is 9.10. The van der Waals surface area contributed by atoms with Crippen molar-refractivity contribution in [2.75, 3.05) is 6.61 Å². The van der Waals surface area contributed by atoms with E-state index in [9.17, 15) is 9.59 Å². The highest BCUT2D eigenvalue weighted by Gasteiger charge is 2.53. The monoisotopic (exact) mass is 618 g/mol. The second kappa shape index (κ2) is 13.9. The predicted octanol–water partition coefficient (Wildman–Crippen LogP) is 9.56. The molecule has 0 saturated heterocycles. The van der Waals surface area contributed by atoms with Gasteiger partial charge in [0.15, 0.2) is 0 Å². The molecule has 0 saturated carbocycles. The van der Waals surface area contributed by atoms with Crippen molar-refractivity contribution in [1.29, 1.82) is 0 Å². The van der Waals surface area contributed by atoms with Crippen LogP contribution in [-0.2, 0) is 19.7 Å². The summed E-state index contributed by atoms with van der Waals surface area (Å²) in [6.07, 6.45) is 12.4. The Kier molecular flexibility index (Phi) is 11.2. The normalized spacial score (nSPS) is 13.5. The Bertz CT molecular complexity index is 983. The Labute approximate surface area is 234 Å². The van der Waals surface area contributed by atoms with Crippen LogP contribution in [0.15, 0.2) is 45.3 Å². The highest BCUT2D eigenvalue weighted by atomic mass is 79.9. The summed E-state index contributed by atoms with van der Waals surface area (Å²) in [6.45, 7) is 6.41. The van der Waals surface area contributed by atoms with Crippen LogP contribution in [0.25, 0.3) is 11.1 Å². The van der Waals surface area contributed by atoms with E-state index >= 15 is 0 Å². The summed E-state index contributed by atoms with van der Waals surface area (Å²) in [7, 11) is 0. The second-order valence-electron chi connectivity index (χ2n) is 10.1. The molecule has 196 valence electrons. The van der Waals surface area contributed by atoms with Crippen LogP contribution in [0.5, 0.6) is 0 Å². The minimum Gasteiger partial charge on any atom is -0.460 e. The summed E-state index contributed by atoms with van der Waals surface area (Å²) >= 11 is 7.28. The summed E-state index contributed by atoms with van der Waals surface area (Å²) < 4.78 is 7.15. The maximum Gasteiger partial charge on any atom is 0.375 e. The van der Waals surface area contributed by atoms with Gasteiger partial charge >= 0.3 is 5.97 Å². The SMILES string of the molecule is CCCCCCC(CCCCCC)CC1(C(=O)C(=O)OCC)c2cc(Br)ccc2-c2ccc(Br)cc21. The lowest BCUT2D eigenvalue weighted by molar-refractivity contribution is -0.155. The molecule has 3 rings (SSSR count). The lowest BCUT2D eigenvalue weighted by Crippen LogP contribution is -2.42. The number of esters is 1. The fourth-order valence-electron chi connectivity index (χ4n) is 5.78. The maximum atomic E-state index is 14.2. The number of rotatable bonds is 15. The first-order valence-corrected chi connectivity index (χ1v) is 15.3.